The molecular formula is C30H32F2N4O2. The number of carbonyl (C=O) groups is 1. The van der Waals surface area contributed by atoms with Gasteiger partial charge in [-0.3, -0.25) is 4.79 Å². The predicted molar refractivity (Wildman–Crippen MR) is 143 cm³/mol. The van der Waals surface area contributed by atoms with E-state index in [4.69, 9.17) is 4.74 Å². The largest absolute Gasteiger partial charge is 0.442 e. The van der Waals surface area contributed by atoms with Crippen molar-refractivity contribution in [1.29, 1.82) is 0 Å². The van der Waals surface area contributed by atoms with Crippen LogP contribution in [0.3, 0.4) is 0 Å². The summed E-state index contributed by atoms with van der Waals surface area (Å²) in [5, 5.41) is 7.50. The number of aryl methyl sites for hydroxylation is 1. The number of esters is 1. The van der Waals surface area contributed by atoms with Crippen molar-refractivity contribution in [1.82, 2.24) is 20.1 Å². The molecule has 4 rings (SSSR count). The Kier molecular flexibility index (Phi) is 8.63. The van der Waals surface area contributed by atoms with E-state index in [-0.39, 0.29) is 24.8 Å². The molecule has 4 aromatic rings. The van der Waals surface area contributed by atoms with E-state index in [0.717, 1.165) is 12.8 Å². The first-order chi connectivity index (χ1) is 18.2. The molecule has 38 heavy (non-hydrogen) atoms. The first-order valence-corrected chi connectivity index (χ1v) is 12.6. The van der Waals surface area contributed by atoms with Gasteiger partial charge in [0.15, 0.2) is 12.6 Å². The van der Waals surface area contributed by atoms with Gasteiger partial charge in [-0.25, -0.2) is 18.4 Å². The molecule has 0 atom stereocenters. The summed E-state index contributed by atoms with van der Waals surface area (Å²) in [6.07, 6.45) is 3.25. The van der Waals surface area contributed by atoms with Crippen LogP contribution in [0.15, 0.2) is 73.1 Å². The summed E-state index contributed by atoms with van der Waals surface area (Å²) in [7, 11) is 0. The van der Waals surface area contributed by atoms with Gasteiger partial charge in [0, 0.05) is 17.7 Å². The van der Waals surface area contributed by atoms with E-state index in [0.29, 0.717) is 29.1 Å². The smallest absolute Gasteiger partial charge is 0.313 e. The van der Waals surface area contributed by atoms with Crippen molar-refractivity contribution in [3.63, 3.8) is 0 Å². The van der Waals surface area contributed by atoms with E-state index in [1.54, 1.807) is 39.0 Å². The van der Waals surface area contributed by atoms with Gasteiger partial charge in [-0.2, -0.15) is 0 Å². The number of hydrogen-bond acceptors (Lipinski definition) is 5. The average molecular weight is 519 g/mol. The number of rotatable bonds is 10. The van der Waals surface area contributed by atoms with E-state index in [2.05, 4.69) is 27.5 Å². The normalized spacial score (nSPS) is 11.5. The van der Waals surface area contributed by atoms with Crippen LogP contribution in [0.4, 0.5) is 8.78 Å². The zero-order valence-electron chi connectivity index (χ0n) is 21.9. The van der Waals surface area contributed by atoms with E-state index in [1.807, 2.05) is 24.3 Å². The van der Waals surface area contributed by atoms with Gasteiger partial charge in [-0.1, -0.05) is 48.5 Å². The molecule has 6 nitrogen and oxygen atoms in total. The third kappa shape index (κ3) is 7.10. The minimum Gasteiger partial charge on any atom is -0.442 e. The first kappa shape index (κ1) is 27.1. The molecule has 8 heteroatoms. The van der Waals surface area contributed by atoms with Crippen LogP contribution >= 0.6 is 0 Å². The fourth-order valence-corrected chi connectivity index (χ4v) is 3.88. The summed E-state index contributed by atoms with van der Waals surface area (Å²) in [5.74, 6) is -1.12. The molecule has 1 aromatic heterocycles. The summed E-state index contributed by atoms with van der Waals surface area (Å²) in [6.45, 7) is 6.04. The number of benzene rings is 3. The number of nitrogens with one attached hydrogen (secondary N) is 1. The van der Waals surface area contributed by atoms with Crippen molar-refractivity contribution in [2.45, 2.75) is 46.9 Å². The molecule has 0 aliphatic rings. The number of hydrogen-bond donors (Lipinski definition) is 1. The number of carbonyl (C=O) groups excluding carboxylic acids is 1. The summed E-state index contributed by atoms with van der Waals surface area (Å²) in [6, 6.07) is 20.0. The molecule has 198 valence electrons. The quantitative estimate of drug-likeness (QED) is 0.201. The third-order valence-electron chi connectivity index (χ3n) is 6.04. The van der Waals surface area contributed by atoms with Gasteiger partial charge in [0.2, 0.25) is 0 Å². The Bertz CT molecular complexity index is 1360. The SMILES string of the molecule is CC(C)(C)C(=O)OCn1cnc(-c2cccc(-c3cc(F)c(CNCCCc4ccccc4)c(F)c3)c2)n1. The Morgan fingerprint density at radius 1 is 0.947 bits per heavy atom. The number of ether oxygens (including phenoxy) is 1. The number of aromatic nitrogens is 3. The summed E-state index contributed by atoms with van der Waals surface area (Å²) >= 11 is 0. The zero-order valence-corrected chi connectivity index (χ0v) is 21.9. The molecule has 0 saturated carbocycles. The maximum Gasteiger partial charge on any atom is 0.313 e. The molecule has 0 radical (unpaired) electrons. The number of nitrogens with zero attached hydrogens (tertiary/aromatic N) is 3. The minimum absolute atomic E-state index is 0.0230. The lowest BCUT2D eigenvalue weighted by molar-refractivity contribution is -0.157. The van der Waals surface area contributed by atoms with Gasteiger partial charge < -0.3 is 10.1 Å². The molecule has 0 saturated heterocycles. The average Bonchev–Trinajstić information content (AvgIpc) is 3.37. The molecule has 0 fully saturated rings. The van der Waals surface area contributed by atoms with Crippen LogP contribution in [-0.2, 0) is 29.2 Å². The summed E-state index contributed by atoms with van der Waals surface area (Å²) < 4.78 is 36.5. The van der Waals surface area contributed by atoms with Gasteiger partial charge in [-0.05, 0) is 75.0 Å². The lowest BCUT2D eigenvalue weighted by Crippen LogP contribution is -2.24. The van der Waals surface area contributed by atoms with Crippen LogP contribution in [0.1, 0.15) is 38.3 Å². The molecule has 0 aliphatic carbocycles. The molecule has 0 unspecified atom stereocenters. The predicted octanol–water partition coefficient (Wildman–Crippen LogP) is 6.16. The third-order valence-corrected chi connectivity index (χ3v) is 6.04. The van der Waals surface area contributed by atoms with Crippen molar-refractivity contribution in [2.75, 3.05) is 6.54 Å². The molecule has 0 bridgehead atoms. The fraction of sp³-hybridized carbons (Fsp3) is 0.300. The Hall–Kier alpha value is -3.91. The van der Waals surface area contributed by atoms with Crippen LogP contribution in [0.25, 0.3) is 22.5 Å². The van der Waals surface area contributed by atoms with Crippen LogP contribution < -0.4 is 5.32 Å². The lowest BCUT2D eigenvalue weighted by atomic mass is 9.98. The first-order valence-electron chi connectivity index (χ1n) is 12.6. The van der Waals surface area contributed by atoms with Crippen molar-refractivity contribution < 1.29 is 18.3 Å². The summed E-state index contributed by atoms with van der Waals surface area (Å²) in [4.78, 5) is 16.3. The summed E-state index contributed by atoms with van der Waals surface area (Å²) in [5.41, 5.74) is 2.38. The molecule has 3 aromatic carbocycles. The highest BCUT2D eigenvalue weighted by Gasteiger charge is 2.23. The molecular weight excluding hydrogens is 486 g/mol. The molecule has 0 aliphatic heterocycles. The molecule has 0 amide bonds. The van der Waals surface area contributed by atoms with E-state index in [1.165, 1.54) is 28.7 Å². The van der Waals surface area contributed by atoms with E-state index < -0.39 is 17.0 Å². The second kappa shape index (κ2) is 12.1. The minimum atomic E-state index is -0.615. The number of halogens is 2. The van der Waals surface area contributed by atoms with Crippen molar-refractivity contribution in [3.05, 3.63) is 95.8 Å². The second-order valence-electron chi connectivity index (χ2n) is 10.2. The molecule has 1 heterocycles. The van der Waals surface area contributed by atoms with Gasteiger partial charge >= 0.3 is 5.97 Å². The van der Waals surface area contributed by atoms with Crippen LogP contribution in [0, 0.1) is 17.0 Å². The molecule has 0 spiro atoms. The van der Waals surface area contributed by atoms with Gasteiger partial charge in [0.25, 0.3) is 0 Å². The van der Waals surface area contributed by atoms with Crippen molar-refractivity contribution in [3.8, 4) is 22.5 Å². The highest BCUT2D eigenvalue weighted by Crippen LogP contribution is 2.28. The second-order valence-corrected chi connectivity index (χ2v) is 10.2. The molecule has 1 N–H and O–H groups in total. The standard InChI is InChI=1S/C30H32F2N4O2/c1-30(2,3)29(37)38-20-36-19-34-28(35-36)23-13-7-12-22(15-23)24-16-26(31)25(27(32)17-24)18-33-14-8-11-21-9-5-4-6-10-21/h4-7,9-10,12-13,15-17,19,33H,8,11,14,18,20H2,1-3H3. The highest BCUT2D eigenvalue weighted by molar-refractivity contribution is 5.75. The monoisotopic (exact) mass is 518 g/mol. The Labute approximate surface area is 221 Å². The maximum absolute atomic E-state index is 14.9. The fourth-order valence-electron chi connectivity index (χ4n) is 3.88. The Balaban J connectivity index is 1.38. The van der Waals surface area contributed by atoms with Gasteiger partial charge in [0.1, 0.15) is 18.0 Å². The Morgan fingerprint density at radius 3 is 2.37 bits per heavy atom. The van der Waals surface area contributed by atoms with Gasteiger partial charge in [-0.15, -0.1) is 5.10 Å². The van der Waals surface area contributed by atoms with E-state index >= 15 is 0 Å². The topological polar surface area (TPSA) is 69.0 Å². The maximum atomic E-state index is 14.9. The highest BCUT2D eigenvalue weighted by atomic mass is 19.1. The van der Waals surface area contributed by atoms with E-state index in [9.17, 15) is 13.6 Å². The zero-order chi connectivity index (χ0) is 27.1. The van der Waals surface area contributed by atoms with Crippen molar-refractivity contribution >= 4 is 5.97 Å². The van der Waals surface area contributed by atoms with Gasteiger partial charge in [0.05, 0.1) is 5.41 Å². The van der Waals surface area contributed by atoms with Crippen molar-refractivity contribution in [2.24, 2.45) is 5.41 Å². The Morgan fingerprint density at radius 2 is 1.66 bits per heavy atom. The van der Waals surface area contributed by atoms with Crippen LogP contribution in [-0.4, -0.2) is 27.3 Å². The lowest BCUT2D eigenvalue weighted by Gasteiger charge is -2.16. The van der Waals surface area contributed by atoms with Crippen LogP contribution in [0.5, 0.6) is 0 Å². The van der Waals surface area contributed by atoms with Crippen LogP contribution in [0.2, 0.25) is 0 Å².